The first-order valence-corrected chi connectivity index (χ1v) is 19.2. The maximum atomic E-state index is 5.40. The number of nitrogens with zero attached hydrogens (tertiary/aromatic N) is 3. The first kappa shape index (κ1) is 32.9. The molecule has 2 heterocycles. The van der Waals surface area contributed by atoms with Crippen LogP contribution in [0.3, 0.4) is 0 Å². The van der Waals surface area contributed by atoms with E-state index in [1.165, 1.54) is 36.7 Å². The summed E-state index contributed by atoms with van der Waals surface area (Å²) >= 11 is 6.78. The minimum Gasteiger partial charge on any atom is -0.208 e. The summed E-state index contributed by atoms with van der Waals surface area (Å²) in [4.78, 5) is 16.8. The maximum absolute atomic E-state index is 5.40. The normalized spacial score (nSPS) is 16.8. The minimum absolute atomic E-state index is 0.0408. The Hall–Kier alpha value is -5.02. The number of rotatable bonds is 4. The van der Waals surface area contributed by atoms with Crippen molar-refractivity contribution in [1.29, 1.82) is 0 Å². The fraction of sp³-hybridized carbons (Fsp3) is 0.213. The van der Waals surface area contributed by atoms with Crippen molar-refractivity contribution in [2.45, 2.75) is 63.7 Å². The van der Waals surface area contributed by atoms with Gasteiger partial charge in [-0.1, -0.05) is 138 Å². The molecular weight excluding hydrogens is 671 g/mol. The zero-order valence-electron chi connectivity index (χ0n) is 30.3. The van der Waals surface area contributed by atoms with Gasteiger partial charge < -0.3 is 0 Å². The number of allylic oxidation sites excluding steroid dienone is 4. The lowest BCUT2D eigenvalue weighted by Crippen LogP contribution is -2.42. The summed E-state index contributed by atoms with van der Waals surface area (Å²) in [6, 6.07) is 32.6. The van der Waals surface area contributed by atoms with Crippen molar-refractivity contribution < 1.29 is 0 Å². The predicted molar refractivity (Wildman–Crippen MR) is 223 cm³/mol. The van der Waals surface area contributed by atoms with E-state index in [0.717, 1.165) is 44.5 Å². The van der Waals surface area contributed by atoms with Gasteiger partial charge in [0.1, 0.15) is 0 Å². The lowest BCUT2D eigenvalue weighted by atomic mass is 9.59. The molecule has 5 aromatic carbocycles. The molecule has 0 atom stereocenters. The van der Waals surface area contributed by atoms with E-state index >= 15 is 0 Å². The van der Waals surface area contributed by atoms with Gasteiger partial charge in [0.2, 0.25) is 0 Å². The number of thiol groups is 1. The van der Waals surface area contributed by atoms with Crippen LogP contribution in [0.25, 0.3) is 70.7 Å². The highest BCUT2D eigenvalue weighted by Gasteiger charge is 2.58. The smallest absolute Gasteiger partial charge is 0.165 e. The highest BCUT2D eigenvalue weighted by molar-refractivity contribution is 7.80. The Morgan fingerprint density at radius 3 is 2.13 bits per heavy atom. The molecule has 0 spiro atoms. The molecule has 0 unspecified atom stereocenters. The van der Waals surface area contributed by atoms with E-state index in [1.54, 1.807) is 11.3 Å². The Morgan fingerprint density at radius 2 is 1.35 bits per heavy atom. The van der Waals surface area contributed by atoms with Crippen LogP contribution in [0.4, 0.5) is 0 Å². The highest BCUT2D eigenvalue weighted by Crippen LogP contribution is 2.64. The van der Waals surface area contributed by atoms with Crippen LogP contribution in [0.5, 0.6) is 0 Å². The van der Waals surface area contributed by atoms with Gasteiger partial charge in [0, 0.05) is 59.3 Å². The molecule has 0 saturated heterocycles. The van der Waals surface area contributed by atoms with Gasteiger partial charge in [-0.25, -0.2) is 15.0 Å². The molecule has 2 aliphatic carbocycles. The van der Waals surface area contributed by atoms with Crippen molar-refractivity contribution in [3.05, 3.63) is 126 Å². The van der Waals surface area contributed by atoms with Crippen molar-refractivity contribution in [2.75, 3.05) is 0 Å². The summed E-state index contributed by atoms with van der Waals surface area (Å²) < 4.78 is 2.49. The monoisotopic (exact) mass is 709 g/mol. The van der Waals surface area contributed by atoms with E-state index < -0.39 is 0 Å². The summed E-state index contributed by atoms with van der Waals surface area (Å²) in [7, 11) is 0. The van der Waals surface area contributed by atoms with Crippen LogP contribution in [-0.2, 0) is 10.8 Å². The predicted octanol–water partition coefficient (Wildman–Crippen LogP) is 12.6. The van der Waals surface area contributed by atoms with Crippen molar-refractivity contribution in [3.63, 3.8) is 0 Å². The van der Waals surface area contributed by atoms with Gasteiger partial charge in [-0.05, 0) is 62.4 Å². The standard InChI is InChI=1S/C47H39N3S2/c1-45(2)36-25-29-17-11-12-18-33(29)40(41(36)46(3,4)47(45,5)6)44-49-42(30-21-23-32(37(51)26-30)28-15-9-7-8-10-16-28)48-43(50-44)31-22-24-35-34-19-13-14-20-38(34)52-39(35)27-31/h7,9,11-15,17-27,51H,8H2,1-6H3. The molecule has 0 amide bonds. The zero-order chi connectivity index (χ0) is 36.0. The van der Waals surface area contributed by atoms with E-state index in [1.807, 2.05) is 6.08 Å². The number of fused-ring (bicyclic) bond motifs is 5. The molecule has 9 rings (SSSR count). The van der Waals surface area contributed by atoms with Gasteiger partial charge in [0.15, 0.2) is 17.5 Å². The van der Waals surface area contributed by atoms with Crippen molar-refractivity contribution in [3.8, 4) is 46.0 Å². The van der Waals surface area contributed by atoms with Crippen molar-refractivity contribution >= 4 is 60.5 Å². The van der Waals surface area contributed by atoms with Crippen LogP contribution >= 0.6 is 24.0 Å². The van der Waals surface area contributed by atoms with E-state index in [9.17, 15) is 0 Å². The number of hydrogen-bond donors (Lipinski definition) is 1. The lowest BCUT2D eigenvalue weighted by molar-refractivity contribution is 0.125. The Labute approximate surface area is 315 Å². The van der Waals surface area contributed by atoms with E-state index in [2.05, 4.69) is 157 Å². The van der Waals surface area contributed by atoms with Crippen LogP contribution in [-0.4, -0.2) is 15.0 Å². The summed E-state index contributed by atoms with van der Waals surface area (Å²) in [5.41, 5.74) is 7.28. The van der Waals surface area contributed by atoms with Gasteiger partial charge in [-0.2, -0.15) is 0 Å². The Balaban J connectivity index is 1.32. The van der Waals surface area contributed by atoms with Crippen LogP contribution < -0.4 is 0 Å². The van der Waals surface area contributed by atoms with Crippen LogP contribution in [0.15, 0.2) is 114 Å². The lowest BCUT2D eigenvalue weighted by Gasteiger charge is -2.44. The topological polar surface area (TPSA) is 38.7 Å². The van der Waals surface area contributed by atoms with Gasteiger partial charge in [-0.15, -0.1) is 24.0 Å². The highest BCUT2D eigenvalue weighted by atomic mass is 32.1. The molecule has 5 heteroatoms. The second kappa shape index (κ2) is 11.7. The van der Waals surface area contributed by atoms with Gasteiger partial charge in [0.25, 0.3) is 0 Å². The van der Waals surface area contributed by atoms with E-state index in [0.29, 0.717) is 17.5 Å². The van der Waals surface area contributed by atoms with Gasteiger partial charge in [-0.3, -0.25) is 0 Å². The number of hydrogen-bond acceptors (Lipinski definition) is 5. The fourth-order valence-corrected chi connectivity index (χ4v) is 9.78. The van der Waals surface area contributed by atoms with Crippen LogP contribution in [0, 0.1) is 17.3 Å². The molecule has 0 aliphatic heterocycles. The Morgan fingerprint density at radius 1 is 0.673 bits per heavy atom. The third-order valence-corrected chi connectivity index (χ3v) is 13.9. The number of thiophene rings is 1. The molecule has 254 valence electrons. The van der Waals surface area contributed by atoms with Crippen LogP contribution in [0.2, 0.25) is 0 Å². The quantitative estimate of drug-likeness (QED) is 0.146. The summed E-state index contributed by atoms with van der Waals surface area (Å²) in [6.07, 6.45) is 6.93. The molecule has 2 aliphatic rings. The SMILES string of the molecule is CC1(C)c2cc3ccccc3c(-c3nc(-c4ccc(C5=CC=CCC#C5)c(S)c4)nc(-c4ccc5c(c4)sc4ccccc45)n3)c2C(C)(C)C1(C)C. The van der Waals surface area contributed by atoms with E-state index in [-0.39, 0.29) is 16.2 Å². The van der Waals surface area contributed by atoms with E-state index in [4.69, 9.17) is 27.6 Å². The Kier molecular flexibility index (Phi) is 7.42. The Bertz CT molecular complexity index is 2770. The second-order valence-electron chi connectivity index (χ2n) is 15.6. The summed E-state index contributed by atoms with van der Waals surface area (Å²) in [6.45, 7) is 14.4. The van der Waals surface area contributed by atoms with Crippen molar-refractivity contribution in [1.82, 2.24) is 15.0 Å². The molecule has 2 aromatic heterocycles. The molecule has 0 N–H and O–H groups in total. The molecule has 7 aromatic rings. The van der Waals surface area contributed by atoms with Gasteiger partial charge >= 0.3 is 0 Å². The largest absolute Gasteiger partial charge is 0.208 e. The van der Waals surface area contributed by atoms with Crippen molar-refractivity contribution in [2.24, 2.45) is 5.41 Å². The van der Waals surface area contributed by atoms with Crippen LogP contribution in [0.1, 0.15) is 64.7 Å². The molecule has 0 saturated carbocycles. The molecule has 3 nitrogen and oxygen atoms in total. The maximum Gasteiger partial charge on any atom is 0.165 e. The third-order valence-electron chi connectivity index (χ3n) is 12.4. The molecule has 0 bridgehead atoms. The fourth-order valence-electron chi connectivity index (χ4n) is 8.30. The zero-order valence-corrected chi connectivity index (χ0v) is 32.0. The van der Waals surface area contributed by atoms with Gasteiger partial charge in [0.05, 0.1) is 0 Å². The molecular formula is C47H39N3S2. The molecule has 0 radical (unpaired) electrons. The number of benzene rings is 5. The summed E-state index contributed by atoms with van der Waals surface area (Å²) in [5, 5.41) is 4.87. The minimum atomic E-state index is -0.171. The second-order valence-corrected chi connectivity index (χ2v) is 17.2. The third kappa shape index (κ3) is 4.85. The average Bonchev–Trinajstić information content (AvgIpc) is 3.36. The molecule has 52 heavy (non-hydrogen) atoms. The summed E-state index contributed by atoms with van der Waals surface area (Å²) in [5.74, 6) is 8.50. The molecule has 0 fully saturated rings. The first-order valence-electron chi connectivity index (χ1n) is 17.9. The first-order chi connectivity index (χ1) is 25.0. The number of aromatic nitrogens is 3. The average molecular weight is 710 g/mol.